The SMILES string of the molecule is Cc1ccc(C2CCCN2C(=O)NCC(C(=O)N2CCOCC2)c2ccccc2)cc1C. The zero-order valence-corrected chi connectivity index (χ0v) is 19.0. The van der Waals surface area contributed by atoms with Gasteiger partial charge in [0.1, 0.15) is 0 Å². The Kier molecular flexibility index (Phi) is 7.10. The fourth-order valence-electron chi connectivity index (χ4n) is 4.66. The Hall–Kier alpha value is -2.86. The van der Waals surface area contributed by atoms with Crippen molar-refractivity contribution < 1.29 is 14.3 Å². The summed E-state index contributed by atoms with van der Waals surface area (Å²) in [4.78, 5) is 30.2. The van der Waals surface area contributed by atoms with E-state index < -0.39 is 5.92 Å². The molecule has 2 aromatic carbocycles. The first kappa shape index (κ1) is 22.3. The highest BCUT2D eigenvalue weighted by molar-refractivity contribution is 5.85. The van der Waals surface area contributed by atoms with E-state index in [1.165, 1.54) is 16.7 Å². The largest absolute Gasteiger partial charge is 0.378 e. The molecule has 2 aromatic rings. The van der Waals surface area contributed by atoms with Gasteiger partial charge in [0.05, 0.1) is 25.2 Å². The van der Waals surface area contributed by atoms with Crippen molar-refractivity contribution in [2.24, 2.45) is 0 Å². The molecule has 6 nitrogen and oxygen atoms in total. The second-order valence-electron chi connectivity index (χ2n) is 8.78. The van der Waals surface area contributed by atoms with Crippen LogP contribution in [0.1, 0.15) is 47.1 Å². The van der Waals surface area contributed by atoms with Crippen molar-refractivity contribution in [3.05, 3.63) is 70.8 Å². The molecule has 2 aliphatic rings. The molecule has 32 heavy (non-hydrogen) atoms. The highest BCUT2D eigenvalue weighted by Crippen LogP contribution is 2.33. The van der Waals surface area contributed by atoms with Gasteiger partial charge in [-0.05, 0) is 48.9 Å². The highest BCUT2D eigenvalue weighted by Gasteiger charge is 2.32. The van der Waals surface area contributed by atoms with Gasteiger partial charge in [-0.3, -0.25) is 4.79 Å². The van der Waals surface area contributed by atoms with Crippen LogP contribution in [0.4, 0.5) is 4.79 Å². The minimum Gasteiger partial charge on any atom is -0.378 e. The Labute approximate surface area is 190 Å². The van der Waals surface area contributed by atoms with Crippen LogP contribution in [0.3, 0.4) is 0 Å². The Morgan fingerprint density at radius 3 is 2.50 bits per heavy atom. The number of nitrogens with one attached hydrogen (secondary N) is 1. The predicted molar refractivity (Wildman–Crippen MR) is 125 cm³/mol. The third-order valence-electron chi connectivity index (χ3n) is 6.71. The van der Waals surface area contributed by atoms with Crippen LogP contribution in [0.2, 0.25) is 0 Å². The molecule has 0 bridgehead atoms. The van der Waals surface area contributed by atoms with E-state index in [4.69, 9.17) is 4.74 Å². The first-order chi connectivity index (χ1) is 15.5. The van der Waals surface area contributed by atoms with Gasteiger partial charge < -0.3 is 19.9 Å². The fraction of sp³-hybridized carbons (Fsp3) is 0.462. The molecule has 1 N–H and O–H groups in total. The molecular weight excluding hydrogens is 402 g/mol. The van der Waals surface area contributed by atoms with E-state index in [-0.39, 0.29) is 24.5 Å². The molecule has 2 atom stereocenters. The van der Waals surface area contributed by atoms with E-state index in [0.717, 1.165) is 24.9 Å². The van der Waals surface area contributed by atoms with Gasteiger partial charge in [-0.1, -0.05) is 48.5 Å². The van der Waals surface area contributed by atoms with Crippen molar-refractivity contribution in [1.29, 1.82) is 0 Å². The van der Waals surface area contributed by atoms with Crippen LogP contribution in [0, 0.1) is 13.8 Å². The fourth-order valence-corrected chi connectivity index (χ4v) is 4.66. The lowest BCUT2D eigenvalue weighted by Gasteiger charge is -2.31. The molecule has 0 saturated carbocycles. The average Bonchev–Trinajstić information content (AvgIpc) is 3.32. The van der Waals surface area contributed by atoms with Gasteiger partial charge in [0.2, 0.25) is 5.91 Å². The molecule has 2 unspecified atom stereocenters. The lowest BCUT2D eigenvalue weighted by molar-refractivity contribution is -0.136. The molecule has 3 amide bonds. The second kappa shape index (κ2) is 10.2. The number of nitrogens with zero attached hydrogens (tertiary/aromatic N) is 2. The molecular formula is C26H33N3O3. The number of hydrogen-bond acceptors (Lipinski definition) is 3. The molecule has 0 spiro atoms. The normalized spacial score (nSPS) is 19.6. The van der Waals surface area contributed by atoms with Crippen LogP contribution in [0.25, 0.3) is 0 Å². The van der Waals surface area contributed by atoms with Crippen molar-refractivity contribution in [2.45, 2.75) is 38.6 Å². The smallest absolute Gasteiger partial charge is 0.317 e. The number of aryl methyl sites for hydroxylation is 2. The summed E-state index contributed by atoms with van der Waals surface area (Å²) in [6.45, 7) is 7.55. The van der Waals surface area contributed by atoms with Crippen molar-refractivity contribution in [3.8, 4) is 0 Å². The summed E-state index contributed by atoms with van der Waals surface area (Å²) < 4.78 is 5.40. The Bertz CT molecular complexity index is 941. The van der Waals surface area contributed by atoms with E-state index in [1.807, 2.05) is 40.1 Å². The number of hydrogen-bond donors (Lipinski definition) is 1. The maximum atomic E-state index is 13.3. The summed E-state index contributed by atoms with van der Waals surface area (Å²) >= 11 is 0. The number of urea groups is 1. The first-order valence-corrected chi connectivity index (χ1v) is 11.6. The summed E-state index contributed by atoms with van der Waals surface area (Å²) in [5.41, 5.74) is 4.62. The zero-order chi connectivity index (χ0) is 22.5. The molecule has 0 aliphatic carbocycles. The van der Waals surface area contributed by atoms with Crippen LogP contribution in [-0.4, -0.2) is 61.1 Å². The van der Waals surface area contributed by atoms with Gasteiger partial charge in [-0.15, -0.1) is 0 Å². The third kappa shape index (κ3) is 4.96. The predicted octanol–water partition coefficient (Wildman–Crippen LogP) is 3.79. The Morgan fingerprint density at radius 1 is 1.03 bits per heavy atom. The lowest BCUT2D eigenvalue weighted by atomic mass is 9.97. The van der Waals surface area contributed by atoms with Crippen LogP contribution < -0.4 is 5.32 Å². The molecule has 0 radical (unpaired) electrons. The minimum atomic E-state index is -0.402. The van der Waals surface area contributed by atoms with E-state index in [2.05, 4.69) is 37.4 Å². The third-order valence-corrected chi connectivity index (χ3v) is 6.71. The van der Waals surface area contributed by atoms with E-state index >= 15 is 0 Å². The zero-order valence-electron chi connectivity index (χ0n) is 19.0. The summed E-state index contributed by atoms with van der Waals surface area (Å²) in [5.74, 6) is -0.354. The number of likely N-dealkylation sites (tertiary alicyclic amines) is 1. The summed E-state index contributed by atoms with van der Waals surface area (Å²) in [7, 11) is 0. The number of carbonyl (C=O) groups is 2. The van der Waals surface area contributed by atoms with Crippen molar-refractivity contribution >= 4 is 11.9 Å². The summed E-state index contributed by atoms with van der Waals surface area (Å²) in [6.07, 6.45) is 1.95. The lowest BCUT2D eigenvalue weighted by Crippen LogP contribution is -2.47. The molecule has 2 heterocycles. The number of morpholine rings is 1. The molecule has 2 aliphatic heterocycles. The van der Waals surface area contributed by atoms with Crippen LogP contribution in [0.5, 0.6) is 0 Å². The summed E-state index contributed by atoms with van der Waals surface area (Å²) in [5, 5.41) is 3.08. The van der Waals surface area contributed by atoms with Crippen molar-refractivity contribution in [3.63, 3.8) is 0 Å². The number of rotatable bonds is 5. The van der Waals surface area contributed by atoms with Gasteiger partial charge in [0.25, 0.3) is 0 Å². The van der Waals surface area contributed by atoms with Gasteiger partial charge in [0.15, 0.2) is 0 Å². The topological polar surface area (TPSA) is 61.9 Å². The molecule has 0 aromatic heterocycles. The average molecular weight is 436 g/mol. The van der Waals surface area contributed by atoms with Crippen LogP contribution in [-0.2, 0) is 9.53 Å². The molecule has 4 rings (SSSR count). The maximum absolute atomic E-state index is 13.3. The molecule has 170 valence electrons. The monoisotopic (exact) mass is 435 g/mol. The Morgan fingerprint density at radius 2 is 1.78 bits per heavy atom. The van der Waals surface area contributed by atoms with Crippen LogP contribution in [0.15, 0.2) is 48.5 Å². The van der Waals surface area contributed by atoms with Crippen molar-refractivity contribution in [1.82, 2.24) is 15.1 Å². The van der Waals surface area contributed by atoms with E-state index in [1.54, 1.807) is 0 Å². The quantitative estimate of drug-likeness (QED) is 0.777. The van der Waals surface area contributed by atoms with Gasteiger partial charge in [-0.25, -0.2) is 4.79 Å². The summed E-state index contributed by atoms with van der Waals surface area (Å²) in [6, 6.07) is 16.2. The number of benzene rings is 2. The number of carbonyl (C=O) groups excluding carboxylic acids is 2. The van der Waals surface area contributed by atoms with Gasteiger partial charge >= 0.3 is 6.03 Å². The van der Waals surface area contributed by atoms with Crippen molar-refractivity contribution in [2.75, 3.05) is 39.4 Å². The Balaban J connectivity index is 1.46. The molecule has 6 heteroatoms. The van der Waals surface area contributed by atoms with Gasteiger partial charge in [0, 0.05) is 26.2 Å². The van der Waals surface area contributed by atoms with E-state index in [0.29, 0.717) is 26.3 Å². The number of amides is 3. The van der Waals surface area contributed by atoms with E-state index in [9.17, 15) is 9.59 Å². The standard InChI is InChI=1S/C26H33N3O3/c1-19-10-11-22(17-20(19)2)24-9-6-12-29(24)26(31)27-18-23(21-7-4-3-5-8-21)25(30)28-13-15-32-16-14-28/h3-5,7-8,10-11,17,23-24H,6,9,12-16,18H2,1-2H3,(H,27,31). The highest BCUT2D eigenvalue weighted by atomic mass is 16.5. The molecule has 2 fully saturated rings. The second-order valence-corrected chi connectivity index (χ2v) is 8.78. The molecule has 2 saturated heterocycles. The first-order valence-electron chi connectivity index (χ1n) is 11.6. The number of ether oxygens (including phenoxy) is 1. The van der Waals surface area contributed by atoms with Gasteiger partial charge in [-0.2, -0.15) is 0 Å². The minimum absolute atomic E-state index is 0.0481. The van der Waals surface area contributed by atoms with Crippen LogP contribution >= 0.6 is 0 Å². The maximum Gasteiger partial charge on any atom is 0.317 e.